The molecule has 0 unspecified atom stereocenters. The fourth-order valence-electron chi connectivity index (χ4n) is 3.05. The summed E-state index contributed by atoms with van der Waals surface area (Å²) in [5, 5.41) is 11.2. The zero-order valence-corrected chi connectivity index (χ0v) is 17.2. The molecule has 1 amide bonds. The lowest BCUT2D eigenvalue weighted by atomic mass is 10.1. The van der Waals surface area contributed by atoms with E-state index in [4.69, 9.17) is 0 Å². The molecule has 0 aliphatic heterocycles. The number of benzene rings is 2. The quantitative estimate of drug-likeness (QED) is 0.523. The number of pyridine rings is 1. The molecular weight excluding hydrogens is 392 g/mol. The first-order valence-corrected chi connectivity index (χ1v) is 9.88. The van der Waals surface area contributed by atoms with E-state index in [1.165, 1.54) is 47.5 Å². The molecule has 0 atom stereocenters. The van der Waals surface area contributed by atoms with Crippen molar-refractivity contribution in [3.05, 3.63) is 63.9 Å². The Bertz CT molecular complexity index is 1170. The molecule has 0 spiro atoms. The summed E-state index contributed by atoms with van der Waals surface area (Å²) in [5.74, 6) is -1.48. The SMILES string of the molecule is COC(=O)c1ccc(N(C)C(=O)c2c(O)c3cc(SC)ccc3n(C)c2=O)cc1. The highest BCUT2D eigenvalue weighted by atomic mass is 32.2. The van der Waals surface area contributed by atoms with Crippen molar-refractivity contribution in [3.8, 4) is 5.75 Å². The van der Waals surface area contributed by atoms with Gasteiger partial charge in [0, 0.05) is 30.1 Å². The van der Waals surface area contributed by atoms with Crippen LogP contribution in [0.1, 0.15) is 20.7 Å². The van der Waals surface area contributed by atoms with Gasteiger partial charge in [0.2, 0.25) is 0 Å². The van der Waals surface area contributed by atoms with E-state index in [0.717, 1.165) is 4.90 Å². The molecule has 0 aliphatic carbocycles. The Kier molecular flexibility index (Phi) is 5.65. The highest BCUT2D eigenvalue weighted by Crippen LogP contribution is 2.30. The van der Waals surface area contributed by atoms with Crippen molar-refractivity contribution < 1.29 is 19.4 Å². The van der Waals surface area contributed by atoms with Crippen LogP contribution in [0, 0.1) is 0 Å². The van der Waals surface area contributed by atoms with Crippen LogP contribution < -0.4 is 10.5 Å². The average Bonchev–Trinajstić information content (AvgIpc) is 2.76. The number of rotatable bonds is 4. The van der Waals surface area contributed by atoms with Gasteiger partial charge in [0.1, 0.15) is 11.3 Å². The Morgan fingerprint density at radius 2 is 1.79 bits per heavy atom. The summed E-state index contributed by atoms with van der Waals surface area (Å²) >= 11 is 1.49. The van der Waals surface area contributed by atoms with Crippen molar-refractivity contribution in [2.75, 3.05) is 25.3 Å². The summed E-state index contributed by atoms with van der Waals surface area (Å²) in [6.07, 6.45) is 1.90. The van der Waals surface area contributed by atoms with Gasteiger partial charge in [-0.05, 0) is 48.7 Å². The molecule has 1 heterocycles. The van der Waals surface area contributed by atoms with Gasteiger partial charge in [0.25, 0.3) is 11.5 Å². The van der Waals surface area contributed by atoms with Gasteiger partial charge in [-0.25, -0.2) is 4.79 Å². The number of hydrogen-bond donors (Lipinski definition) is 1. The van der Waals surface area contributed by atoms with Crippen LogP contribution in [0.3, 0.4) is 0 Å². The number of aromatic hydroxyl groups is 1. The van der Waals surface area contributed by atoms with E-state index < -0.39 is 17.4 Å². The van der Waals surface area contributed by atoms with Crippen LogP contribution in [0.2, 0.25) is 0 Å². The second kappa shape index (κ2) is 8.00. The van der Waals surface area contributed by atoms with E-state index in [1.54, 1.807) is 31.3 Å². The van der Waals surface area contributed by atoms with Crippen molar-refractivity contribution in [2.24, 2.45) is 7.05 Å². The van der Waals surface area contributed by atoms with Gasteiger partial charge in [-0.15, -0.1) is 11.8 Å². The zero-order valence-electron chi connectivity index (χ0n) is 16.4. The van der Waals surface area contributed by atoms with E-state index in [1.807, 2.05) is 12.3 Å². The van der Waals surface area contributed by atoms with E-state index in [0.29, 0.717) is 22.2 Å². The lowest BCUT2D eigenvalue weighted by Gasteiger charge is -2.19. The summed E-state index contributed by atoms with van der Waals surface area (Å²) < 4.78 is 6.01. The van der Waals surface area contributed by atoms with Gasteiger partial charge in [0.15, 0.2) is 0 Å². The molecular formula is C21H20N2O5S. The molecule has 0 saturated carbocycles. The maximum absolute atomic E-state index is 13.1. The molecule has 0 aliphatic rings. The highest BCUT2D eigenvalue weighted by Gasteiger charge is 2.25. The topological polar surface area (TPSA) is 88.8 Å². The van der Waals surface area contributed by atoms with Crippen molar-refractivity contribution in [1.82, 2.24) is 4.57 Å². The number of nitrogens with zero attached hydrogens (tertiary/aromatic N) is 2. The summed E-state index contributed by atoms with van der Waals surface area (Å²) in [6, 6.07) is 11.5. The number of ether oxygens (including phenoxy) is 1. The third kappa shape index (κ3) is 3.58. The largest absolute Gasteiger partial charge is 0.506 e. The molecule has 3 rings (SSSR count). The molecule has 1 aromatic heterocycles. The van der Waals surface area contributed by atoms with Crippen LogP contribution in [0.25, 0.3) is 10.9 Å². The van der Waals surface area contributed by atoms with Crippen molar-refractivity contribution in [3.63, 3.8) is 0 Å². The Morgan fingerprint density at radius 3 is 2.38 bits per heavy atom. The van der Waals surface area contributed by atoms with Crippen LogP contribution in [0.5, 0.6) is 5.75 Å². The Morgan fingerprint density at radius 1 is 1.14 bits per heavy atom. The molecule has 7 nitrogen and oxygen atoms in total. The second-order valence-corrected chi connectivity index (χ2v) is 7.25. The third-order valence-electron chi connectivity index (χ3n) is 4.77. The van der Waals surface area contributed by atoms with Gasteiger partial charge < -0.3 is 19.3 Å². The smallest absolute Gasteiger partial charge is 0.337 e. The molecule has 0 saturated heterocycles. The summed E-state index contributed by atoms with van der Waals surface area (Å²) in [5.41, 5.74) is 0.438. The number of esters is 1. The maximum atomic E-state index is 13.1. The monoisotopic (exact) mass is 412 g/mol. The molecule has 0 radical (unpaired) electrons. The van der Waals surface area contributed by atoms with Gasteiger partial charge in [0.05, 0.1) is 18.2 Å². The number of carbonyl (C=O) groups is 2. The van der Waals surface area contributed by atoms with Crippen LogP contribution >= 0.6 is 11.8 Å². The van der Waals surface area contributed by atoms with Gasteiger partial charge in [-0.2, -0.15) is 0 Å². The standard InChI is InChI=1S/C21H20N2O5S/c1-22(13-7-5-12(6-8-13)21(27)28-3)19(25)17-18(24)15-11-14(29-4)9-10-16(15)23(2)20(17)26/h5-11,24H,1-4H3. The highest BCUT2D eigenvalue weighted by molar-refractivity contribution is 7.98. The van der Waals surface area contributed by atoms with E-state index in [-0.39, 0.29) is 11.3 Å². The Hall–Kier alpha value is -3.26. The Balaban J connectivity index is 2.08. The van der Waals surface area contributed by atoms with Gasteiger partial charge in [-0.3, -0.25) is 9.59 Å². The average molecular weight is 412 g/mol. The minimum atomic E-state index is -0.648. The summed E-state index contributed by atoms with van der Waals surface area (Å²) in [4.78, 5) is 39.6. The van der Waals surface area contributed by atoms with E-state index in [9.17, 15) is 19.5 Å². The molecule has 0 bridgehead atoms. The summed E-state index contributed by atoms with van der Waals surface area (Å²) in [6.45, 7) is 0. The van der Waals surface area contributed by atoms with Crippen LogP contribution in [-0.4, -0.2) is 42.0 Å². The minimum Gasteiger partial charge on any atom is -0.506 e. The fraction of sp³-hybridized carbons (Fsp3) is 0.190. The third-order valence-corrected chi connectivity index (χ3v) is 5.50. The van der Waals surface area contributed by atoms with E-state index >= 15 is 0 Å². The second-order valence-electron chi connectivity index (χ2n) is 6.37. The lowest BCUT2D eigenvalue weighted by Crippen LogP contribution is -2.34. The zero-order chi connectivity index (χ0) is 21.3. The maximum Gasteiger partial charge on any atom is 0.337 e. The number of thioether (sulfide) groups is 1. The van der Waals surface area contributed by atoms with Crippen LogP contribution in [0.15, 0.2) is 52.2 Å². The first kappa shape index (κ1) is 20.5. The number of hydrogen-bond acceptors (Lipinski definition) is 6. The Labute approximate surface area is 171 Å². The normalized spacial score (nSPS) is 10.8. The number of aromatic nitrogens is 1. The predicted octanol–water partition coefficient (Wildman–Crippen LogP) is 3.03. The number of fused-ring (bicyclic) bond motifs is 1. The first-order valence-electron chi connectivity index (χ1n) is 8.66. The molecule has 29 heavy (non-hydrogen) atoms. The molecule has 150 valence electrons. The predicted molar refractivity (Wildman–Crippen MR) is 113 cm³/mol. The molecule has 3 aromatic rings. The number of aryl methyl sites for hydroxylation is 1. The van der Waals surface area contributed by atoms with Crippen molar-refractivity contribution in [2.45, 2.75) is 4.90 Å². The summed E-state index contributed by atoms with van der Waals surface area (Å²) in [7, 11) is 4.34. The van der Waals surface area contributed by atoms with Gasteiger partial charge >= 0.3 is 5.97 Å². The minimum absolute atomic E-state index is 0.308. The molecule has 8 heteroatoms. The van der Waals surface area contributed by atoms with Crippen LogP contribution in [-0.2, 0) is 11.8 Å². The van der Waals surface area contributed by atoms with E-state index in [2.05, 4.69) is 4.74 Å². The molecule has 0 fully saturated rings. The van der Waals surface area contributed by atoms with Gasteiger partial charge in [-0.1, -0.05) is 0 Å². The first-order chi connectivity index (χ1) is 13.8. The fourth-order valence-corrected chi connectivity index (χ4v) is 3.49. The molecule has 1 N–H and O–H groups in total. The van der Waals surface area contributed by atoms with Crippen LogP contribution in [0.4, 0.5) is 5.69 Å². The molecule has 2 aromatic carbocycles. The van der Waals surface area contributed by atoms with Crippen molar-refractivity contribution >= 4 is 40.2 Å². The lowest BCUT2D eigenvalue weighted by molar-refractivity contribution is 0.0600. The number of methoxy groups -OCH3 is 1. The van der Waals surface area contributed by atoms with Crippen molar-refractivity contribution in [1.29, 1.82) is 0 Å². The number of anilines is 1. The number of carbonyl (C=O) groups excluding carboxylic acids is 2. The number of amides is 1.